The van der Waals surface area contributed by atoms with Crippen molar-refractivity contribution in [2.45, 2.75) is 70.8 Å². The molecule has 1 aliphatic heterocycles. The molecule has 0 radical (unpaired) electrons. The van der Waals surface area contributed by atoms with Crippen molar-refractivity contribution in [1.82, 2.24) is 5.32 Å². The van der Waals surface area contributed by atoms with Gasteiger partial charge in [-0.1, -0.05) is 39.0 Å². The van der Waals surface area contributed by atoms with Gasteiger partial charge in [0.2, 0.25) is 0 Å². The molecule has 3 nitrogen and oxygen atoms in total. The molecule has 1 N–H and O–H groups in total. The third kappa shape index (κ3) is 7.37. The summed E-state index contributed by atoms with van der Waals surface area (Å²) in [5.74, 6) is -0.0297. The Balaban J connectivity index is 1.86. The maximum Gasteiger partial charge on any atom is 0.307 e. The first kappa shape index (κ1) is 14.5. The van der Waals surface area contributed by atoms with Crippen molar-refractivity contribution in [2.24, 2.45) is 0 Å². The summed E-state index contributed by atoms with van der Waals surface area (Å²) in [5, 5.41) is 3.31. The maximum atomic E-state index is 11.5. The van der Waals surface area contributed by atoms with Gasteiger partial charge in [-0.25, -0.2) is 0 Å². The van der Waals surface area contributed by atoms with Crippen molar-refractivity contribution < 1.29 is 9.53 Å². The molecule has 0 saturated carbocycles. The third-order valence-electron chi connectivity index (χ3n) is 3.34. The van der Waals surface area contributed by atoms with Crippen LogP contribution in [0.2, 0.25) is 0 Å². The van der Waals surface area contributed by atoms with Gasteiger partial charge in [-0.05, 0) is 25.8 Å². The summed E-state index contributed by atoms with van der Waals surface area (Å²) >= 11 is 0. The molecule has 1 fully saturated rings. The highest BCUT2D eigenvalue weighted by molar-refractivity contribution is 5.70. The van der Waals surface area contributed by atoms with Crippen molar-refractivity contribution in [3.8, 4) is 0 Å². The van der Waals surface area contributed by atoms with Crippen LogP contribution >= 0.6 is 0 Å². The number of hydrogen-bond acceptors (Lipinski definition) is 3. The van der Waals surface area contributed by atoms with Crippen LogP contribution in [0.1, 0.15) is 64.7 Å². The molecule has 1 saturated heterocycles. The first-order chi connectivity index (χ1) is 8.33. The van der Waals surface area contributed by atoms with E-state index in [1.54, 1.807) is 0 Å². The Labute approximate surface area is 105 Å². The minimum Gasteiger partial charge on any atom is -0.466 e. The molecule has 0 bridgehead atoms. The Morgan fingerprint density at radius 2 is 2.00 bits per heavy atom. The van der Waals surface area contributed by atoms with Crippen molar-refractivity contribution in [2.75, 3.05) is 13.2 Å². The number of ether oxygens (including phenoxy) is 1. The van der Waals surface area contributed by atoms with Gasteiger partial charge in [-0.2, -0.15) is 0 Å². The van der Waals surface area contributed by atoms with Gasteiger partial charge in [-0.3, -0.25) is 4.79 Å². The zero-order valence-corrected chi connectivity index (χ0v) is 11.2. The number of nitrogens with one attached hydrogen (secondary N) is 1. The number of rotatable bonds is 9. The van der Waals surface area contributed by atoms with Crippen LogP contribution in [-0.4, -0.2) is 25.2 Å². The average Bonchev–Trinajstić information content (AvgIpc) is 2.80. The van der Waals surface area contributed by atoms with E-state index in [1.165, 1.54) is 38.5 Å². The maximum absolute atomic E-state index is 11.5. The normalized spacial score (nSPS) is 19.5. The first-order valence-corrected chi connectivity index (χ1v) is 7.22. The van der Waals surface area contributed by atoms with Crippen LogP contribution in [0, 0.1) is 0 Å². The zero-order valence-electron chi connectivity index (χ0n) is 11.2. The standard InChI is InChI=1S/C14H27NO2/c1-2-3-4-5-6-7-11-17-14(16)12-13-9-8-10-15-13/h13,15H,2-12H2,1H3. The van der Waals surface area contributed by atoms with E-state index in [1.807, 2.05) is 0 Å². The van der Waals surface area contributed by atoms with Gasteiger partial charge in [0.05, 0.1) is 13.0 Å². The molecule has 0 aliphatic carbocycles. The summed E-state index contributed by atoms with van der Waals surface area (Å²) in [7, 11) is 0. The topological polar surface area (TPSA) is 38.3 Å². The quantitative estimate of drug-likeness (QED) is 0.498. The van der Waals surface area contributed by atoms with E-state index >= 15 is 0 Å². The smallest absolute Gasteiger partial charge is 0.307 e. The highest BCUT2D eigenvalue weighted by Crippen LogP contribution is 2.10. The van der Waals surface area contributed by atoms with E-state index in [0.717, 1.165) is 19.4 Å². The third-order valence-corrected chi connectivity index (χ3v) is 3.34. The van der Waals surface area contributed by atoms with E-state index < -0.39 is 0 Å². The van der Waals surface area contributed by atoms with Crippen LogP contribution in [0.3, 0.4) is 0 Å². The van der Waals surface area contributed by atoms with E-state index in [2.05, 4.69) is 12.2 Å². The number of carbonyl (C=O) groups is 1. The van der Waals surface area contributed by atoms with Gasteiger partial charge in [0.25, 0.3) is 0 Å². The Morgan fingerprint density at radius 3 is 2.71 bits per heavy atom. The van der Waals surface area contributed by atoms with Crippen LogP contribution in [0.4, 0.5) is 0 Å². The summed E-state index contributed by atoms with van der Waals surface area (Å²) in [4.78, 5) is 11.5. The molecular formula is C14H27NO2. The molecule has 0 spiro atoms. The lowest BCUT2D eigenvalue weighted by Crippen LogP contribution is -2.25. The summed E-state index contributed by atoms with van der Waals surface area (Å²) in [6.45, 7) is 3.88. The molecule has 1 heterocycles. The molecular weight excluding hydrogens is 214 g/mol. The molecule has 0 aromatic carbocycles. The summed E-state index contributed by atoms with van der Waals surface area (Å²) in [6, 6.07) is 0.368. The van der Waals surface area contributed by atoms with Crippen LogP contribution in [0.25, 0.3) is 0 Å². The highest BCUT2D eigenvalue weighted by atomic mass is 16.5. The monoisotopic (exact) mass is 241 g/mol. The fraction of sp³-hybridized carbons (Fsp3) is 0.929. The molecule has 1 atom stereocenters. The zero-order chi connectivity index (χ0) is 12.3. The second-order valence-electron chi connectivity index (χ2n) is 4.99. The predicted octanol–water partition coefficient (Wildman–Crippen LogP) is 3.03. The van der Waals surface area contributed by atoms with Crippen LogP contribution in [0.15, 0.2) is 0 Å². The lowest BCUT2D eigenvalue weighted by atomic mass is 10.1. The Bertz CT molecular complexity index is 200. The fourth-order valence-corrected chi connectivity index (χ4v) is 2.26. The summed E-state index contributed by atoms with van der Waals surface area (Å²) in [5.41, 5.74) is 0. The van der Waals surface area contributed by atoms with Crippen molar-refractivity contribution >= 4 is 5.97 Å². The molecule has 1 aliphatic rings. The van der Waals surface area contributed by atoms with E-state index in [0.29, 0.717) is 19.1 Å². The first-order valence-electron chi connectivity index (χ1n) is 7.22. The number of carbonyl (C=O) groups excluding carboxylic acids is 1. The summed E-state index contributed by atoms with van der Waals surface area (Å²) in [6.07, 6.45) is 10.3. The largest absolute Gasteiger partial charge is 0.466 e. The lowest BCUT2D eigenvalue weighted by molar-refractivity contribution is -0.144. The SMILES string of the molecule is CCCCCCCCOC(=O)CC1CCCN1. The van der Waals surface area contributed by atoms with Gasteiger partial charge in [0.1, 0.15) is 0 Å². The lowest BCUT2D eigenvalue weighted by Gasteiger charge is -2.09. The van der Waals surface area contributed by atoms with Crippen molar-refractivity contribution in [1.29, 1.82) is 0 Å². The average molecular weight is 241 g/mol. The van der Waals surface area contributed by atoms with E-state index in [-0.39, 0.29) is 5.97 Å². The molecule has 0 aromatic heterocycles. The Morgan fingerprint density at radius 1 is 1.24 bits per heavy atom. The molecule has 17 heavy (non-hydrogen) atoms. The highest BCUT2D eigenvalue weighted by Gasteiger charge is 2.18. The molecule has 3 heteroatoms. The number of esters is 1. The molecule has 1 unspecified atom stereocenters. The Hall–Kier alpha value is -0.570. The van der Waals surface area contributed by atoms with E-state index in [4.69, 9.17) is 4.74 Å². The number of unbranched alkanes of at least 4 members (excludes halogenated alkanes) is 5. The predicted molar refractivity (Wildman–Crippen MR) is 70.0 cm³/mol. The molecule has 0 amide bonds. The second kappa shape index (κ2) is 9.46. The van der Waals surface area contributed by atoms with Crippen molar-refractivity contribution in [3.05, 3.63) is 0 Å². The van der Waals surface area contributed by atoms with Gasteiger partial charge >= 0.3 is 5.97 Å². The van der Waals surface area contributed by atoms with Gasteiger partial charge in [0.15, 0.2) is 0 Å². The van der Waals surface area contributed by atoms with Gasteiger partial charge in [0, 0.05) is 6.04 Å². The summed E-state index contributed by atoms with van der Waals surface area (Å²) < 4.78 is 5.23. The van der Waals surface area contributed by atoms with Crippen molar-refractivity contribution in [3.63, 3.8) is 0 Å². The van der Waals surface area contributed by atoms with Gasteiger partial charge in [-0.15, -0.1) is 0 Å². The Kier molecular flexibility index (Phi) is 8.06. The molecule has 0 aromatic rings. The molecule has 100 valence electrons. The van der Waals surface area contributed by atoms with Crippen LogP contribution < -0.4 is 5.32 Å². The second-order valence-corrected chi connectivity index (χ2v) is 4.99. The minimum absolute atomic E-state index is 0.0297. The van der Waals surface area contributed by atoms with Crippen LogP contribution in [-0.2, 0) is 9.53 Å². The fourth-order valence-electron chi connectivity index (χ4n) is 2.26. The minimum atomic E-state index is -0.0297. The van der Waals surface area contributed by atoms with Crippen LogP contribution in [0.5, 0.6) is 0 Å². The van der Waals surface area contributed by atoms with Gasteiger partial charge < -0.3 is 10.1 Å². The van der Waals surface area contributed by atoms with E-state index in [9.17, 15) is 4.79 Å². The molecule has 1 rings (SSSR count). The number of hydrogen-bond donors (Lipinski definition) is 1.